The van der Waals surface area contributed by atoms with Gasteiger partial charge in [-0.15, -0.1) is 8.78 Å². The van der Waals surface area contributed by atoms with E-state index < -0.39 is 12.4 Å². The Balaban J connectivity index is 3.01. The van der Waals surface area contributed by atoms with Gasteiger partial charge in [-0.3, -0.25) is 0 Å². The summed E-state index contributed by atoms with van der Waals surface area (Å²) in [5.74, 6) is 0. The molecule has 12 heavy (non-hydrogen) atoms. The van der Waals surface area contributed by atoms with E-state index in [-0.39, 0.29) is 13.2 Å². The van der Waals surface area contributed by atoms with Crippen LogP contribution in [0.4, 0.5) is 18.4 Å². The third kappa shape index (κ3) is 8.80. The topological polar surface area (TPSA) is 52.6 Å². The van der Waals surface area contributed by atoms with Gasteiger partial charge in [0.05, 0.1) is 13.2 Å². The largest absolute Gasteiger partial charge is 0.495 e. The zero-order valence-corrected chi connectivity index (χ0v) is 6.22. The summed E-state index contributed by atoms with van der Waals surface area (Å²) < 4.78 is 30.5. The Labute approximate surface area is 67.4 Å². The van der Waals surface area contributed by atoms with Crippen LogP contribution >= 0.6 is 0 Å². The van der Waals surface area contributed by atoms with Crippen LogP contribution in [0.5, 0.6) is 0 Å². The molecule has 0 aliphatic carbocycles. The Hall–Kier alpha value is -1.20. The molecule has 0 aromatic carbocycles. The first-order chi connectivity index (χ1) is 5.63. The van der Waals surface area contributed by atoms with Crippen LogP contribution in [0, 0.1) is 0 Å². The predicted octanol–water partition coefficient (Wildman–Crippen LogP) is 1.98. The summed E-state index contributed by atoms with van der Waals surface area (Å²) in [6.45, 7) is -0.196. The summed E-state index contributed by atoms with van der Waals surface area (Å²) in [5.41, 5.74) is 0. The maximum absolute atomic E-state index is 11.3. The van der Waals surface area contributed by atoms with Crippen molar-refractivity contribution < 1.29 is 27.8 Å². The van der Waals surface area contributed by atoms with E-state index in [9.17, 15) is 18.4 Å². The molecule has 0 spiro atoms. The van der Waals surface area contributed by atoms with E-state index in [0.717, 1.165) is 0 Å². The minimum Gasteiger partial charge on any atom is -0.440 e. The van der Waals surface area contributed by atoms with E-state index in [1.54, 1.807) is 0 Å². The molecule has 0 aliphatic rings. The van der Waals surface area contributed by atoms with Gasteiger partial charge in [0.1, 0.15) is 0 Å². The van der Waals surface area contributed by atoms with Crippen LogP contribution in [0.25, 0.3) is 0 Å². The van der Waals surface area contributed by atoms with Crippen molar-refractivity contribution in [3.8, 4) is 0 Å². The molecule has 0 amide bonds. The lowest BCUT2D eigenvalue weighted by atomic mass is 10.3. The fourth-order valence-electron chi connectivity index (χ4n) is 0.509. The van der Waals surface area contributed by atoms with Crippen LogP contribution in [0.2, 0.25) is 0 Å². The van der Waals surface area contributed by atoms with Gasteiger partial charge < -0.3 is 9.47 Å². The van der Waals surface area contributed by atoms with Gasteiger partial charge in [0, 0.05) is 0 Å². The Bertz CT molecular complexity index is 142. The molecule has 4 nitrogen and oxygen atoms in total. The first-order valence-corrected chi connectivity index (χ1v) is 3.27. The van der Waals surface area contributed by atoms with E-state index in [4.69, 9.17) is 0 Å². The lowest BCUT2D eigenvalue weighted by Gasteiger charge is -1.99. The third-order valence-corrected chi connectivity index (χ3v) is 0.970. The van der Waals surface area contributed by atoms with Crippen LogP contribution in [0.1, 0.15) is 12.8 Å². The highest BCUT2D eigenvalue weighted by molar-refractivity contribution is 5.58. The summed E-state index contributed by atoms with van der Waals surface area (Å²) in [7, 11) is 0. The number of hydrogen-bond donors (Lipinski definition) is 0. The first kappa shape index (κ1) is 10.8. The highest BCUT2D eigenvalue weighted by Gasteiger charge is 1.99. The van der Waals surface area contributed by atoms with Gasteiger partial charge in [-0.25, -0.2) is 9.59 Å². The molecule has 0 unspecified atom stereocenters. The minimum absolute atomic E-state index is 0.0980. The van der Waals surface area contributed by atoms with Gasteiger partial charge >= 0.3 is 12.4 Å². The maximum atomic E-state index is 11.3. The molecule has 0 radical (unpaired) electrons. The molecule has 0 atom stereocenters. The molecule has 0 heterocycles. The van der Waals surface area contributed by atoms with Crippen LogP contribution in [-0.2, 0) is 9.47 Å². The van der Waals surface area contributed by atoms with E-state index in [1.165, 1.54) is 0 Å². The second-order valence-electron chi connectivity index (χ2n) is 1.88. The maximum Gasteiger partial charge on any atom is 0.495 e. The first-order valence-electron chi connectivity index (χ1n) is 3.27. The zero-order valence-electron chi connectivity index (χ0n) is 6.22. The highest BCUT2D eigenvalue weighted by Crippen LogP contribution is 1.94. The van der Waals surface area contributed by atoms with Crippen LogP contribution in [0.3, 0.4) is 0 Å². The van der Waals surface area contributed by atoms with E-state index in [1.807, 2.05) is 0 Å². The molecule has 0 N–H and O–H groups in total. The number of hydrogen-bond acceptors (Lipinski definition) is 4. The Kier molecular flexibility index (Phi) is 5.86. The zero-order chi connectivity index (χ0) is 9.40. The van der Waals surface area contributed by atoms with Gasteiger partial charge in [0.2, 0.25) is 0 Å². The Morgan fingerprint density at radius 3 is 1.50 bits per heavy atom. The molecule has 6 heteroatoms. The third-order valence-electron chi connectivity index (χ3n) is 0.970. The minimum atomic E-state index is -1.85. The summed E-state index contributed by atoms with van der Waals surface area (Å²) in [4.78, 5) is 19.1. The fourth-order valence-corrected chi connectivity index (χ4v) is 0.509. The molecule has 70 valence electrons. The van der Waals surface area contributed by atoms with Gasteiger partial charge in [0.25, 0.3) is 0 Å². The smallest absolute Gasteiger partial charge is 0.440 e. The molecule has 0 aromatic rings. The second-order valence-corrected chi connectivity index (χ2v) is 1.88. The lowest BCUT2D eigenvalue weighted by molar-refractivity contribution is 0.104. The van der Waals surface area contributed by atoms with Gasteiger partial charge in [-0.2, -0.15) is 0 Å². The lowest BCUT2D eigenvalue weighted by Crippen LogP contribution is -2.01. The molecule has 0 bridgehead atoms. The van der Waals surface area contributed by atoms with Crippen molar-refractivity contribution in [1.29, 1.82) is 0 Å². The molecule has 0 saturated carbocycles. The molecule has 0 fully saturated rings. The monoisotopic (exact) mass is 182 g/mol. The van der Waals surface area contributed by atoms with Crippen LogP contribution < -0.4 is 0 Å². The Morgan fingerprint density at radius 2 is 1.25 bits per heavy atom. The second kappa shape index (κ2) is 6.51. The summed E-state index contributed by atoms with van der Waals surface area (Å²) >= 11 is 0. The summed E-state index contributed by atoms with van der Waals surface area (Å²) in [6, 6.07) is 0. The average molecular weight is 182 g/mol. The van der Waals surface area contributed by atoms with Crippen molar-refractivity contribution in [2.75, 3.05) is 13.2 Å². The number of halogens is 2. The highest BCUT2D eigenvalue weighted by atomic mass is 19.2. The molecular weight excluding hydrogens is 174 g/mol. The quantitative estimate of drug-likeness (QED) is 0.481. The number of ether oxygens (including phenoxy) is 2. The summed E-state index contributed by atoms with van der Waals surface area (Å²) in [6.07, 6.45) is -3.05. The van der Waals surface area contributed by atoms with Gasteiger partial charge in [-0.05, 0) is 12.8 Å². The number of rotatable bonds is 5. The molecular formula is C6H8F2O4. The van der Waals surface area contributed by atoms with Crippen molar-refractivity contribution >= 4 is 12.4 Å². The van der Waals surface area contributed by atoms with E-state index >= 15 is 0 Å². The fraction of sp³-hybridized carbons (Fsp3) is 0.667. The predicted molar refractivity (Wildman–Crippen MR) is 34.1 cm³/mol. The summed E-state index contributed by atoms with van der Waals surface area (Å²) in [5, 5.41) is 0. The number of carbonyl (C=O) groups excluding carboxylic acids is 2. The SMILES string of the molecule is O=C(F)OCCCCOC(=O)F. The van der Waals surface area contributed by atoms with E-state index in [0.29, 0.717) is 12.8 Å². The molecule has 0 aliphatic heterocycles. The normalized spacial score (nSPS) is 9.17. The molecule has 0 rings (SSSR count). The van der Waals surface area contributed by atoms with Crippen molar-refractivity contribution in [3.63, 3.8) is 0 Å². The van der Waals surface area contributed by atoms with Crippen LogP contribution in [-0.4, -0.2) is 25.7 Å². The number of unbranched alkanes of at least 4 members (excludes halogenated alkanes) is 1. The number of carbonyl (C=O) groups is 2. The average Bonchev–Trinajstić information content (AvgIpc) is 1.95. The van der Waals surface area contributed by atoms with Crippen molar-refractivity contribution in [2.45, 2.75) is 12.8 Å². The van der Waals surface area contributed by atoms with Crippen molar-refractivity contribution in [3.05, 3.63) is 0 Å². The van der Waals surface area contributed by atoms with Gasteiger partial charge in [0.15, 0.2) is 0 Å². The van der Waals surface area contributed by atoms with Gasteiger partial charge in [-0.1, -0.05) is 0 Å². The standard InChI is InChI=1S/C6H8F2O4/c7-5(9)11-3-1-2-4-12-6(8)10/h1-4H2. The Morgan fingerprint density at radius 1 is 0.917 bits per heavy atom. The molecule has 0 saturated heterocycles. The van der Waals surface area contributed by atoms with Crippen LogP contribution in [0.15, 0.2) is 0 Å². The van der Waals surface area contributed by atoms with Crippen molar-refractivity contribution in [2.24, 2.45) is 0 Å². The van der Waals surface area contributed by atoms with Crippen molar-refractivity contribution in [1.82, 2.24) is 0 Å². The van der Waals surface area contributed by atoms with E-state index in [2.05, 4.69) is 9.47 Å². The molecule has 0 aromatic heterocycles.